The molecule has 1 fully saturated rings. The van der Waals surface area contributed by atoms with Gasteiger partial charge in [0.05, 0.1) is 25.8 Å². The smallest absolute Gasteiger partial charge is 0.326 e. The number of carboxylic acid groups (broad SMARTS) is 1. The summed E-state index contributed by atoms with van der Waals surface area (Å²) in [5, 5.41) is 56.9. The Bertz CT molecular complexity index is 1870. The summed E-state index contributed by atoms with van der Waals surface area (Å²) in [5.41, 5.74) is 6.84. The number of aliphatic hydroxyl groups is 2. The van der Waals surface area contributed by atoms with Crippen LogP contribution >= 0.6 is 0 Å². The zero-order valence-corrected chi connectivity index (χ0v) is 39.8. The van der Waals surface area contributed by atoms with Gasteiger partial charge in [0.25, 0.3) is 0 Å². The second kappa shape index (κ2) is 27.7. The highest BCUT2D eigenvalue weighted by molar-refractivity contribution is 5.97. The fraction of sp³-hybridized carbons (Fsp3) is 0.667. The average molecular weight is 948 g/mol. The largest absolute Gasteiger partial charge is 0.508 e. The van der Waals surface area contributed by atoms with Crippen molar-refractivity contribution in [2.75, 3.05) is 26.3 Å². The number of amides is 8. The fourth-order valence-electron chi connectivity index (χ4n) is 7.27. The van der Waals surface area contributed by atoms with Crippen molar-refractivity contribution in [3.05, 3.63) is 29.8 Å². The first-order valence-corrected chi connectivity index (χ1v) is 22.9. The van der Waals surface area contributed by atoms with Crippen molar-refractivity contribution in [3.8, 4) is 5.75 Å². The Morgan fingerprint density at radius 3 is 1.61 bits per heavy atom. The van der Waals surface area contributed by atoms with Crippen LogP contribution in [0, 0.1) is 23.7 Å². The van der Waals surface area contributed by atoms with Crippen molar-refractivity contribution < 1.29 is 63.6 Å². The lowest BCUT2D eigenvalue weighted by Gasteiger charge is -2.31. The number of rotatable bonds is 27. The third-order valence-electron chi connectivity index (χ3n) is 12.2. The Labute approximate surface area is 391 Å². The number of aromatic hydroxyl groups is 1. The van der Waals surface area contributed by atoms with E-state index in [2.05, 4.69) is 37.2 Å². The number of hydrogen-bond donors (Lipinski definition) is 12. The first-order chi connectivity index (χ1) is 31.5. The number of aliphatic carboxylic acids is 1. The molecule has 67 heavy (non-hydrogen) atoms. The Hall–Kier alpha value is -5.87. The number of nitrogens with two attached hydrogens (primary N) is 1. The first kappa shape index (κ1) is 57.3. The monoisotopic (exact) mass is 948 g/mol. The van der Waals surface area contributed by atoms with Gasteiger partial charge >= 0.3 is 5.97 Å². The van der Waals surface area contributed by atoms with Crippen molar-refractivity contribution in [1.82, 2.24) is 42.1 Å². The highest BCUT2D eigenvalue weighted by Crippen LogP contribution is 2.20. The molecule has 0 aliphatic carbocycles. The van der Waals surface area contributed by atoms with Gasteiger partial charge in [0.1, 0.15) is 48.0 Å². The van der Waals surface area contributed by atoms with Crippen LogP contribution in [-0.4, -0.2) is 153 Å². The number of nitrogens with one attached hydrogen (secondary N) is 7. The van der Waals surface area contributed by atoms with E-state index in [0.29, 0.717) is 31.2 Å². The van der Waals surface area contributed by atoms with Crippen LogP contribution in [0.15, 0.2) is 24.3 Å². The minimum Gasteiger partial charge on any atom is -0.508 e. The van der Waals surface area contributed by atoms with Gasteiger partial charge in [-0.25, -0.2) is 4.79 Å². The van der Waals surface area contributed by atoms with E-state index in [1.807, 2.05) is 6.92 Å². The van der Waals surface area contributed by atoms with Gasteiger partial charge in [-0.05, 0) is 60.6 Å². The molecule has 376 valence electrons. The van der Waals surface area contributed by atoms with E-state index in [1.54, 1.807) is 60.6 Å². The molecule has 1 aromatic rings. The van der Waals surface area contributed by atoms with Crippen molar-refractivity contribution in [2.45, 2.75) is 142 Å². The van der Waals surface area contributed by atoms with Crippen LogP contribution in [0.4, 0.5) is 0 Å². The summed E-state index contributed by atoms with van der Waals surface area (Å²) in [6.45, 7) is 11.3. The second-order valence-corrected chi connectivity index (χ2v) is 17.6. The Morgan fingerprint density at radius 2 is 1.13 bits per heavy atom. The molecular formula is C45H73N9O13. The van der Waals surface area contributed by atoms with Crippen LogP contribution in [-0.2, 0) is 49.6 Å². The predicted molar refractivity (Wildman–Crippen MR) is 244 cm³/mol. The van der Waals surface area contributed by atoms with Gasteiger partial charge in [0, 0.05) is 6.54 Å². The quantitative estimate of drug-likeness (QED) is 0.0461. The van der Waals surface area contributed by atoms with Crippen LogP contribution in [0.5, 0.6) is 5.75 Å². The molecule has 1 aliphatic rings. The molecular weight excluding hydrogens is 875 g/mol. The molecule has 1 heterocycles. The van der Waals surface area contributed by atoms with Crippen molar-refractivity contribution in [2.24, 2.45) is 29.4 Å². The molecule has 13 N–H and O–H groups in total. The van der Waals surface area contributed by atoms with E-state index in [1.165, 1.54) is 17.0 Å². The standard InChI is InChI=1S/C45H73N9O13/c1-9-24(6)35(41(62)49-31(22-56)44(65)54-18-12-13-32(54)40(61)51-34(23(4)5)45(66)67)50-33(58)20-47-39(60)30(21-55)48-42(63)36(25(7)10-2)53-43(64)37(26(8)11-3)52-38(59)29(46)19-27-14-16-28(57)17-15-27/h14-17,23-26,29-32,34-37,55-57H,9-13,18-22,46H2,1-8H3,(H,47,60)(H,48,63)(H,49,62)(H,50,58)(H,51,61)(H,52,59)(H,53,64)(H,66,67)/t24-,25-,26-,29-,30-,31-,32-,34-,35-,36-,37-/m0/s1. The van der Waals surface area contributed by atoms with Crippen LogP contribution in [0.3, 0.4) is 0 Å². The average Bonchev–Trinajstić information content (AvgIpc) is 3.80. The maximum Gasteiger partial charge on any atom is 0.326 e. The third-order valence-corrected chi connectivity index (χ3v) is 12.2. The molecule has 0 spiro atoms. The van der Waals surface area contributed by atoms with Crippen molar-refractivity contribution in [3.63, 3.8) is 0 Å². The summed E-state index contributed by atoms with van der Waals surface area (Å²) in [6, 6.07) is -3.86. The molecule has 0 bridgehead atoms. The second-order valence-electron chi connectivity index (χ2n) is 17.6. The lowest BCUT2D eigenvalue weighted by Crippen LogP contribution is -2.61. The summed E-state index contributed by atoms with van der Waals surface area (Å²) in [7, 11) is 0. The lowest BCUT2D eigenvalue weighted by molar-refractivity contribution is -0.146. The molecule has 0 saturated carbocycles. The number of phenolic OH excluding ortho intramolecular Hbond substituents is 1. The van der Waals surface area contributed by atoms with Crippen LogP contribution < -0.4 is 43.0 Å². The number of phenols is 1. The molecule has 1 saturated heterocycles. The molecule has 8 amide bonds. The van der Waals surface area contributed by atoms with Gasteiger partial charge in [0.2, 0.25) is 47.3 Å². The summed E-state index contributed by atoms with van der Waals surface area (Å²) in [5.74, 6) is -9.36. The number of carbonyl (C=O) groups excluding carboxylic acids is 8. The van der Waals surface area contributed by atoms with Gasteiger partial charge in [-0.2, -0.15) is 0 Å². The number of likely N-dealkylation sites (tertiary alicyclic amines) is 1. The number of nitrogens with zero attached hydrogens (tertiary/aromatic N) is 1. The minimum absolute atomic E-state index is 0.0481. The SMILES string of the molecule is CC[C@H](C)[C@H](NC(=O)CNC(=O)[C@H](CO)NC(=O)[C@@H](NC(=O)[C@@H](NC(=O)[C@@H](N)Cc1ccc(O)cc1)[C@@H](C)CC)[C@@H](C)CC)C(=O)N[C@@H](CO)C(=O)N1CCC[C@H]1C(=O)N[C@H](C(=O)O)C(C)C. The molecule has 0 radical (unpaired) electrons. The van der Waals surface area contributed by atoms with Crippen LogP contribution in [0.2, 0.25) is 0 Å². The molecule has 2 rings (SSSR count). The van der Waals surface area contributed by atoms with Crippen molar-refractivity contribution >= 4 is 53.2 Å². The van der Waals surface area contributed by atoms with Gasteiger partial charge < -0.3 is 68.3 Å². The van der Waals surface area contributed by atoms with E-state index in [0.717, 1.165) is 0 Å². The Balaban J connectivity index is 2.10. The Morgan fingerprint density at radius 1 is 0.657 bits per heavy atom. The minimum atomic E-state index is -1.59. The van der Waals surface area contributed by atoms with E-state index in [-0.39, 0.29) is 25.1 Å². The van der Waals surface area contributed by atoms with Crippen LogP contribution in [0.25, 0.3) is 0 Å². The number of carbonyl (C=O) groups is 9. The number of hydrogen-bond acceptors (Lipinski definition) is 13. The normalized spacial score (nSPS) is 18.0. The van der Waals surface area contributed by atoms with E-state index in [9.17, 15) is 63.6 Å². The van der Waals surface area contributed by atoms with E-state index < -0.39 is 145 Å². The molecule has 1 aliphatic heterocycles. The summed E-state index contributed by atoms with van der Waals surface area (Å²) < 4.78 is 0. The number of carboxylic acids is 1. The zero-order chi connectivity index (χ0) is 50.7. The van der Waals surface area contributed by atoms with Gasteiger partial charge in [-0.1, -0.05) is 86.8 Å². The summed E-state index contributed by atoms with van der Waals surface area (Å²) in [6.07, 6.45) is 1.98. The highest BCUT2D eigenvalue weighted by Gasteiger charge is 2.40. The zero-order valence-electron chi connectivity index (χ0n) is 39.8. The Kier molecular flexibility index (Phi) is 23.7. The highest BCUT2D eigenvalue weighted by atomic mass is 16.4. The maximum atomic E-state index is 13.7. The maximum absolute atomic E-state index is 13.7. The van der Waals surface area contributed by atoms with Gasteiger partial charge in [-0.15, -0.1) is 0 Å². The first-order valence-electron chi connectivity index (χ1n) is 22.9. The lowest BCUT2D eigenvalue weighted by atomic mass is 9.94. The summed E-state index contributed by atoms with van der Waals surface area (Å²) >= 11 is 0. The van der Waals surface area contributed by atoms with Gasteiger partial charge in [-0.3, -0.25) is 38.4 Å². The molecule has 1 aromatic carbocycles. The third kappa shape index (κ3) is 17.1. The molecule has 0 unspecified atom stereocenters. The number of benzene rings is 1. The van der Waals surface area contributed by atoms with Gasteiger partial charge in [0.15, 0.2) is 0 Å². The predicted octanol–water partition coefficient (Wildman–Crippen LogP) is -1.86. The van der Waals surface area contributed by atoms with E-state index in [4.69, 9.17) is 5.73 Å². The fourth-order valence-corrected chi connectivity index (χ4v) is 7.27. The topological polar surface area (TPSA) is 348 Å². The van der Waals surface area contributed by atoms with Crippen LogP contribution in [0.1, 0.15) is 93.1 Å². The molecule has 0 aromatic heterocycles. The number of aliphatic hydroxyl groups excluding tert-OH is 2. The molecule has 22 nitrogen and oxygen atoms in total. The van der Waals surface area contributed by atoms with Crippen molar-refractivity contribution in [1.29, 1.82) is 0 Å². The summed E-state index contributed by atoms with van der Waals surface area (Å²) in [4.78, 5) is 120. The molecule has 11 atom stereocenters. The molecule has 22 heteroatoms. The van der Waals surface area contributed by atoms with E-state index >= 15 is 0 Å².